The molecule has 4 nitrogen and oxygen atoms in total. The van der Waals surface area contributed by atoms with E-state index >= 15 is 0 Å². The molecule has 1 unspecified atom stereocenters. The Balaban J connectivity index is 1.57. The minimum Gasteiger partial charge on any atom is -0.491 e. The Hall–Kier alpha value is -2.33. The Morgan fingerprint density at radius 3 is 2.77 bits per heavy atom. The molecular weight excluding hydrogens is 324 g/mol. The van der Waals surface area contributed by atoms with Gasteiger partial charge in [-0.2, -0.15) is 0 Å². The van der Waals surface area contributed by atoms with Crippen LogP contribution in [0.1, 0.15) is 32.3 Å². The van der Waals surface area contributed by atoms with Crippen molar-refractivity contribution in [3.05, 3.63) is 60.2 Å². The minimum atomic E-state index is 0.0298. The maximum atomic E-state index is 12.7. The van der Waals surface area contributed by atoms with E-state index in [0.29, 0.717) is 0 Å². The summed E-state index contributed by atoms with van der Waals surface area (Å²) in [5.74, 6) is 0.916. The Bertz CT molecular complexity index is 715. The summed E-state index contributed by atoms with van der Waals surface area (Å²) < 4.78 is 5.71. The van der Waals surface area contributed by atoms with Crippen LogP contribution in [0, 0.1) is 5.92 Å². The van der Waals surface area contributed by atoms with Gasteiger partial charge in [-0.05, 0) is 50.9 Å². The van der Waals surface area contributed by atoms with Crippen molar-refractivity contribution in [2.24, 2.45) is 5.92 Å². The molecule has 0 spiro atoms. The second kappa shape index (κ2) is 8.86. The smallest absolute Gasteiger partial charge is 0.228 e. The molecule has 1 aliphatic rings. The van der Waals surface area contributed by atoms with Gasteiger partial charge < -0.3 is 10.1 Å². The third-order valence-corrected chi connectivity index (χ3v) is 4.60. The van der Waals surface area contributed by atoms with Crippen molar-refractivity contribution in [1.82, 2.24) is 4.90 Å². The van der Waals surface area contributed by atoms with E-state index in [4.69, 9.17) is 4.74 Å². The summed E-state index contributed by atoms with van der Waals surface area (Å²) in [6.07, 6.45) is 2.12. The number of carbonyl (C=O) groups excluding carboxylic acids is 1. The van der Waals surface area contributed by atoms with E-state index in [0.717, 1.165) is 43.9 Å². The topological polar surface area (TPSA) is 41.6 Å². The van der Waals surface area contributed by atoms with Crippen LogP contribution < -0.4 is 10.1 Å². The van der Waals surface area contributed by atoms with Crippen LogP contribution in [0.2, 0.25) is 0 Å². The van der Waals surface area contributed by atoms with E-state index in [9.17, 15) is 4.79 Å². The summed E-state index contributed by atoms with van der Waals surface area (Å²) in [5.41, 5.74) is 2.10. The molecule has 138 valence electrons. The van der Waals surface area contributed by atoms with E-state index in [1.54, 1.807) is 0 Å². The van der Waals surface area contributed by atoms with Crippen LogP contribution in [0.15, 0.2) is 54.6 Å². The molecule has 1 N–H and O–H groups in total. The first-order chi connectivity index (χ1) is 12.6. The van der Waals surface area contributed by atoms with Gasteiger partial charge in [0.1, 0.15) is 5.75 Å². The summed E-state index contributed by atoms with van der Waals surface area (Å²) in [5, 5.41) is 3.06. The first-order valence-electron chi connectivity index (χ1n) is 9.44. The normalized spacial score (nSPS) is 17.9. The van der Waals surface area contributed by atoms with Gasteiger partial charge in [-0.1, -0.05) is 36.4 Å². The SMILES string of the molecule is CC(C)Oc1cccc(NC(=O)C2CCCN(Cc3ccccc3)C2)c1. The van der Waals surface area contributed by atoms with Gasteiger partial charge >= 0.3 is 0 Å². The fraction of sp³-hybridized carbons (Fsp3) is 0.409. The molecule has 2 aromatic carbocycles. The molecule has 1 amide bonds. The number of hydrogen-bond acceptors (Lipinski definition) is 3. The predicted molar refractivity (Wildman–Crippen MR) is 105 cm³/mol. The van der Waals surface area contributed by atoms with Crippen LogP contribution in [0.4, 0.5) is 5.69 Å². The molecule has 1 heterocycles. The summed E-state index contributed by atoms with van der Waals surface area (Å²) >= 11 is 0. The number of likely N-dealkylation sites (tertiary alicyclic amines) is 1. The van der Waals surface area contributed by atoms with Crippen LogP contribution in [0.5, 0.6) is 5.75 Å². The molecule has 26 heavy (non-hydrogen) atoms. The standard InChI is InChI=1S/C22H28N2O2/c1-17(2)26-21-12-6-11-20(14-21)23-22(25)19-10-7-13-24(16-19)15-18-8-4-3-5-9-18/h3-6,8-9,11-12,14,17,19H,7,10,13,15-16H2,1-2H3,(H,23,25). The van der Waals surface area contributed by atoms with Gasteiger partial charge in [0.2, 0.25) is 5.91 Å². The Kier molecular flexibility index (Phi) is 6.29. The highest BCUT2D eigenvalue weighted by atomic mass is 16.5. The number of ether oxygens (including phenoxy) is 1. The number of piperidine rings is 1. The second-order valence-electron chi connectivity index (χ2n) is 7.24. The van der Waals surface area contributed by atoms with Crippen molar-refractivity contribution in [3.8, 4) is 5.75 Å². The zero-order valence-electron chi connectivity index (χ0n) is 15.7. The van der Waals surface area contributed by atoms with Gasteiger partial charge in [0, 0.05) is 24.8 Å². The molecule has 0 aliphatic carbocycles. The molecule has 0 saturated carbocycles. The first kappa shape index (κ1) is 18.5. The van der Waals surface area contributed by atoms with Crippen LogP contribution in [0.3, 0.4) is 0 Å². The van der Waals surface area contributed by atoms with E-state index in [1.807, 2.05) is 44.2 Å². The number of benzene rings is 2. The largest absolute Gasteiger partial charge is 0.491 e. The number of amides is 1. The molecule has 0 radical (unpaired) electrons. The predicted octanol–water partition coefficient (Wildman–Crippen LogP) is 4.32. The monoisotopic (exact) mass is 352 g/mol. The Morgan fingerprint density at radius 1 is 1.19 bits per heavy atom. The van der Waals surface area contributed by atoms with Crippen molar-refractivity contribution >= 4 is 11.6 Å². The molecule has 1 aliphatic heterocycles. The quantitative estimate of drug-likeness (QED) is 0.841. The number of anilines is 1. The molecular formula is C22H28N2O2. The van der Waals surface area contributed by atoms with Gasteiger partial charge in [-0.3, -0.25) is 9.69 Å². The fourth-order valence-corrected chi connectivity index (χ4v) is 3.42. The number of carbonyl (C=O) groups is 1. The Labute approximate surface area is 156 Å². The molecule has 1 fully saturated rings. The van der Waals surface area contributed by atoms with Crippen LogP contribution in [-0.2, 0) is 11.3 Å². The number of hydrogen-bond donors (Lipinski definition) is 1. The molecule has 2 aromatic rings. The van der Waals surface area contributed by atoms with Gasteiger partial charge in [0.05, 0.1) is 12.0 Å². The molecule has 0 bridgehead atoms. The zero-order chi connectivity index (χ0) is 18.4. The lowest BCUT2D eigenvalue weighted by molar-refractivity contribution is -0.121. The lowest BCUT2D eigenvalue weighted by atomic mass is 9.96. The first-order valence-corrected chi connectivity index (χ1v) is 9.44. The molecule has 0 aromatic heterocycles. The highest BCUT2D eigenvalue weighted by molar-refractivity contribution is 5.92. The van der Waals surface area contributed by atoms with Crippen LogP contribution in [-0.4, -0.2) is 30.0 Å². The van der Waals surface area contributed by atoms with Crippen LogP contribution >= 0.6 is 0 Å². The lowest BCUT2D eigenvalue weighted by Crippen LogP contribution is -2.40. The maximum absolute atomic E-state index is 12.7. The van der Waals surface area contributed by atoms with Gasteiger partial charge in [0.25, 0.3) is 0 Å². The molecule has 1 atom stereocenters. The molecule has 1 saturated heterocycles. The van der Waals surface area contributed by atoms with Gasteiger partial charge in [0.15, 0.2) is 0 Å². The zero-order valence-corrected chi connectivity index (χ0v) is 15.7. The van der Waals surface area contributed by atoms with Crippen molar-refractivity contribution in [2.75, 3.05) is 18.4 Å². The summed E-state index contributed by atoms with van der Waals surface area (Å²) in [6.45, 7) is 6.75. The number of nitrogens with zero attached hydrogens (tertiary/aromatic N) is 1. The van der Waals surface area contributed by atoms with Gasteiger partial charge in [-0.25, -0.2) is 0 Å². The number of nitrogens with one attached hydrogen (secondary N) is 1. The maximum Gasteiger partial charge on any atom is 0.228 e. The fourth-order valence-electron chi connectivity index (χ4n) is 3.42. The summed E-state index contributed by atoms with van der Waals surface area (Å²) in [4.78, 5) is 15.1. The average Bonchev–Trinajstić information content (AvgIpc) is 2.62. The second-order valence-corrected chi connectivity index (χ2v) is 7.24. The van der Waals surface area contributed by atoms with E-state index in [2.05, 4.69) is 34.5 Å². The highest BCUT2D eigenvalue weighted by Gasteiger charge is 2.25. The van der Waals surface area contributed by atoms with E-state index < -0.39 is 0 Å². The highest BCUT2D eigenvalue weighted by Crippen LogP contribution is 2.23. The van der Waals surface area contributed by atoms with Gasteiger partial charge in [-0.15, -0.1) is 0 Å². The van der Waals surface area contributed by atoms with Crippen molar-refractivity contribution in [1.29, 1.82) is 0 Å². The minimum absolute atomic E-state index is 0.0298. The van der Waals surface area contributed by atoms with E-state index in [1.165, 1.54) is 5.56 Å². The average molecular weight is 352 g/mol. The van der Waals surface area contributed by atoms with Crippen LogP contribution in [0.25, 0.3) is 0 Å². The van der Waals surface area contributed by atoms with Crippen molar-refractivity contribution < 1.29 is 9.53 Å². The number of rotatable bonds is 6. The summed E-state index contributed by atoms with van der Waals surface area (Å²) in [7, 11) is 0. The molecule has 4 heteroatoms. The lowest BCUT2D eigenvalue weighted by Gasteiger charge is -2.32. The van der Waals surface area contributed by atoms with E-state index in [-0.39, 0.29) is 17.9 Å². The molecule has 3 rings (SSSR count). The van der Waals surface area contributed by atoms with Crippen molar-refractivity contribution in [2.45, 2.75) is 39.3 Å². The van der Waals surface area contributed by atoms with Crippen molar-refractivity contribution in [3.63, 3.8) is 0 Å². The summed E-state index contributed by atoms with van der Waals surface area (Å²) in [6, 6.07) is 18.1. The Morgan fingerprint density at radius 2 is 2.00 bits per heavy atom. The third-order valence-electron chi connectivity index (χ3n) is 4.60. The third kappa shape index (κ3) is 5.33.